The first-order valence-electron chi connectivity index (χ1n) is 8.32. The minimum atomic E-state index is -3.70. The Morgan fingerprint density at radius 2 is 1.85 bits per heavy atom. The lowest BCUT2D eigenvalue weighted by atomic mass is 10.2. The predicted molar refractivity (Wildman–Crippen MR) is 102 cm³/mol. The highest BCUT2D eigenvalue weighted by atomic mass is 32.2. The lowest BCUT2D eigenvalue weighted by Crippen LogP contribution is -2.34. The Morgan fingerprint density at radius 3 is 2.52 bits per heavy atom. The Hall–Kier alpha value is -2.84. The minimum absolute atomic E-state index is 0.106. The molecular weight excluding hydrogens is 368 g/mol. The molecule has 0 unspecified atom stereocenters. The molecule has 0 saturated heterocycles. The zero-order valence-corrected chi connectivity index (χ0v) is 15.7. The fourth-order valence-electron chi connectivity index (χ4n) is 2.70. The van der Waals surface area contributed by atoms with Crippen molar-refractivity contribution >= 4 is 32.8 Å². The summed E-state index contributed by atoms with van der Waals surface area (Å²) in [6, 6.07) is 15.0. The molecule has 1 heterocycles. The second kappa shape index (κ2) is 7.81. The van der Waals surface area contributed by atoms with Gasteiger partial charge in [-0.3, -0.25) is 5.32 Å². The van der Waals surface area contributed by atoms with Gasteiger partial charge in [-0.2, -0.15) is 0 Å². The van der Waals surface area contributed by atoms with Crippen LogP contribution in [0, 0.1) is 0 Å². The number of rotatable bonds is 6. The molecule has 1 atom stereocenters. The van der Waals surface area contributed by atoms with Gasteiger partial charge in [0.05, 0.1) is 12.0 Å². The highest BCUT2D eigenvalue weighted by Gasteiger charge is 2.19. The number of carbonyl (C=O) groups is 1. The Morgan fingerprint density at radius 1 is 1.15 bits per heavy atom. The van der Waals surface area contributed by atoms with E-state index in [-0.39, 0.29) is 10.9 Å². The van der Waals surface area contributed by atoms with Crippen LogP contribution in [-0.4, -0.2) is 27.7 Å². The normalized spacial score (nSPS) is 12.7. The van der Waals surface area contributed by atoms with Crippen molar-refractivity contribution in [3.8, 4) is 0 Å². The molecule has 8 heteroatoms. The van der Waals surface area contributed by atoms with E-state index in [1.54, 1.807) is 6.92 Å². The number of benzene rings is 2. The van der Waals surface area contributed by atoms with Crippen LogP contribution in [0.4, 0.5) is 10.5 Å². The van der Waals surface area contributed by atoms with Gasteiger partial charge >= 0.3 is 6.09 Å². The minimum Gasteiger partial charge on any atom is -0.461 e. The van der Waals surface area contributed by atoms with Crippen LogP contribution in [0.2, 0.25) is 0 Å². The molecule has 1 amide bonds. The van der Waals surface area contributed by atoms with E-state index in [1.165, 1.54) is 31.4 Å². The lowest BCUT2D eigenvalue weighted by Gasteiger charge is -2.13. The second-order valence-electron chi connectivity index (χ2n) is 6.12. The Kier molecular flexibility index (Phi) is 5.48. The summed E-state index contributed by atoms with van der Waals surface area (Å²) in [6.45, 7) is 1.78. The molecule has 0 bridgehead atoms. The average Bonchev–Trinajstić information content (AvgIpc) is 3.03. The number of carbonyl (C=O) groups excluding carboxylic acids is 1. The third kappa shape index (κ3) is 4.66. The van der Waals surface area contributed by atoms with E-state index in [0.29, 0.717) is 17.9 Å². The largest absolute Gasteiger partial charge is 0.461 e. The molecule has 142 valence electrons. The summed E-state index contributed by atoms with van der Waals surface area (Å²) in [6.07, 6.45) is -0.196. The maximum Gasteiger partial charge on any atom is 0.411 e. The summed E-state index contributed by atoms with van der Waals surface area (Å²) < 4.78 is 37.9. The van der Waals surface area contributed by atoms with Crippen molar-refractivity contribution in [2.45, 2.75) is 24.3 Å². The van der Waals surface area contributed by atoms with Crippen molar-refractivity contribution in [3.63, 3.8) is 0 Å². The molecule has 3 aromatic rings. The quantitative estimate of drug-likeness (QED) is 0.673. The Balaban J connectivity index is 1.66. The number of furan rings is 1. The van der Waals surface area contributed by atoms with Gasteiger partial charge in [-0.1, -0.05) is 18.2 Å². The number of fused-ring (bicyclic) bond motifs is 1. The van der Waals surface area contributed by atoms with Crippen molar-refractivity contribution in [3.05, 3.63) is 60.4 Å². The standard InChI is InChI=1S/C19H20N2O5S/c1-13(11-16-12-14-5-3-4-6-18(14)26-16)21-27(23,24)17-9-7-15(8-10-17)20-19(22)25-2/h3-10,12-13,21H,11H2,1-2H3,(H,20,22)/t13-/m0/s1. The van der Waals surface area contributed by atoms with Crippen LogP contribution in [0.15, 0.2) is 63.9 Å². The van der Waals surface area contributed by atoms with Gasteiger partial charge in [0, 0.05) is 23.5 Å². The van der Waals surface area contributed by atoms with E-state index in [0.717, 1.165) is 11.0 Å². The van der Waals surface area contributed by atoms with Gasteiger partial charge in [0.2, 0.25) is 10.0 Å². The summed E-state index contributed by atoms with van der Waals surface area (Å²) in [5.41, 5.74) is 1.22. The van der Waals surface area contributed by atoms with Crippen molar-refractivity contribution in [1.82, 2.24) is 4.72 Å². The number of hydrogen-bond acceptors (Lipinski definition) is 5. The molecule has 0 aliphatic heterocycles. The van der Waals surface area contributed by atoms with Crippen LogP contribution in [0.25, 0.3) is 11.0 Å². The molecule has 27 heavy (non-hydrogen) atoms. The zero-order valence-electron chi connectivity index (χ0n) is 14.9. The number of nitrogens with one attached hydrogen (secondary N) is 2. The van der Waals surface area contributed by atoms with E-state index in [9.17, 15) is 13.2 Å². The molecule has 3 rings (SSSR count). The maximum absolute atomic E-state index is 12.5. The third-order valence-electron chi connectivity index (χ3n) is 3.94. The number of hydrogen-bond donors (Lipinski definition) is 2. The highest BCUT2D eigenvalue weighted by molar-refractivity contribution is 7.89. The molecule has 1 aromatic heterocycles. The lowest BCUT2D eigenvalue weighted by molar-refractivity contribution is 0.187. The molecule has 0 aliphatic carbocycles. The van der Waals surface area contributed by atoms with Gasteiger partial charge in [-0.25, -0.2) is 17.9 Å². The number of anilines is 1. The third-order valence-corrected chi connectivity index (χ3v) is 5.54. The molecule has 7 nitrogen and oxygen atoms in total. The van der Waals surface area contributed by atoms with Crippen LogP contribution in [0.5, 0.6) is 0 Å². The maximum atomic E-state index is 12.5. The smallest absolute Gasteiger partial charge is 0.411 e. The second-order valence-corrected chi connectivity index (χ2v) is 7.83. The van der Waals surface area contributed by atoms with Crippen molar-refractivity contribution < 1.29 is 22.4 Å². The first-order chi connectivity index (χ1) is 12.9. The average molecular weight is 388 g/mol. The molecule has 2 aromatic carbocycles. The number of ether oxygens (including phenoxy) is 1. The first kappa shape index (κ1) is 18.9. The molecule has 2 N–H and O–H groups in total. The van der Waals surface area contributed by atoms with Crippen LogP contribution in [0.3, 0.4) is 0 Å². The van der Waals surface area contributed by atoms with Crippen molar-refractivity contribution in [2.75, 3.05) is 12.4 Å². The van der Waals surface area contributed by atoms with Crippen LogP contribution in [-0.2, 0) is 21.2 Å². The number of methoxy groups -OCH3 is 1. The monoisotopic (exact) mass is 388 g/mol. The Labute approximate surface area is 157 Å². The summed E-state index contributed by atoms with van der Waals surface area (Å²) in [5.74, 6) is 0.712. The van der Waals surface area contributed by atoms with Gasteiger partial charge in [0.25, 0.3) is 0 Å². The highest BCUT2D eigenvalue weighted by Crippen LogP contribution is 2.20. The first-order valence-corrected chi connectivity index (χ1v) is 9.80. The van der Waals surface area contributed by atoms with Gasteiger partial charge in [-0.05, 0) is 43.3 Å². The Bertz CT molecular complexity index is 1010. The van der Waals surface area contributed by atoms with E-state index in [1.807, 2.05) is 30.3 Å². The van der Waals surface area contributed by atoms with Crippen molar-refractivity contribution in [1.29, 1.82) is 0 Å². The van der Waals surface area contributed by atoms with E-state index >= 15 is 0 Å². The zero-order chi connectivity index (χ0) is 19.4. The fourth-order valence-corrected chi connectivity index (χ4v) is 3.94. The van der Waals surface area contributed by atoms with Gasteiger partial charge in [-0.15, -0.1) is 0 Å². The van der Waals surface area contributed by atoms with E-state index in [4.69, 9.17) is 4.42 Å². The summed E-state index contributed by atoms with van der Waals surface area (Å²) in [7, 11) is -2.44. The summed E-state index contributed by atoms with van der Waals surface area (Å²) in [4.78, 5) is 11.3. The van der Waals surface area contributed by atoms with E-state index in [2.05, 4.69) is 14.8 Å². The molecule has 0 saturated carbocycles. The summed E-state index contributed by atoms with van der Waals surface area (Å²) in [5, 5.41) is 3.45. The SMILES string of the molecule is COC(=O)Nc1ccc(S(=O)(=O)N[C@@H](C)Cc2cc3ccccc3o2)cc1. The van der Waals surface area contributed by atoms with E-state index < -0.39 is 16.1 Å². The predicted octanol–water partition coefficient (Wildman–Crippen LogP) is 3.52. The molecular formula is C19H20N2O5S. The van der Waals surface area contributed by atoms with Gasteiger partial charge in [0.1, 0.15) is 11.3 Å². The van der Waals surface area contributed by atoms with Crippen LogP contribution in [0.1, 0.15) is 12.7 Å². The van der Waals surface area contributed by atoms with Crippen LogP contribution < -0.4 is 10.0 Å². The van der Waals surface area contributed by atoms with Crippen molar-refractivity contribution in [2.24, 2.45) is 0 Å². The van der Waals surface area contributed by atoms with Gasteiger partial charge in [0.15, 0.2) is 0 Å². The number of sulfonamides is 1. The number of para-hydroxylation sites is 1. The summed E-state index contributed by atoms with van der Waals surface area (Å²) >= 11 is 0. The topological polar surface area (TPSA) is 97.6 Å². The molecule has 0 fully saturated rings. The molecule has 0 radical (unpaired) electrons. The van der Waals surface area contributed by atoms with Gasteiger partial charge < -0.3 is 9.15 Å². The fraction of sp³-hybridized carbons (Fsp3) is 0.211. The molecule has 0 aliphatic rings. The number of amides is 1. The van der Waals surface area contributed by atoms with Crippen LogP contribution >= 0.6 is 0 Å². The molecule has 0 spiro atoms.